The van der Waals surface area contributed by atoms with Gasteiger partial charge in [-0.15, -0.1) is 6.42 Å². The normalized spacial score (nSPS) is 18.0. The van der Waals surface area contributed by atoms with Gasteiger partial charge in [0.15, 0.2) is 6.23 Å². The number of rotatable bonds is 11. The Morgan fingerprint density at radius 1 is 0.830 bits per heavy atom. The molecule has 0 amide bonds. The first-order valence-electron chi connectivity index (χ1n) is 16.0. The van der Waals surface area contributed by atoms with E-state index in [0.717, 1.165) is 26.2 Å². The molecule has 2 atom stereocenters. The lowest BCUT2D eigenvalue weighted by atomic mass is 9.80. The van der Waals surface area contributed by atoms with E-state index in [2.05, 4.69) is 69.6 Å². The Balaban J connectivity index is 1.34. The Hall–Kier alpha value is -4.68. The largest absolute Gasteiger partial charge is 0.460 e. The third-order valence-electron chi connectivity index (χ3n) is 8.84. The molecule has 1 N–H and O–H groups in total. The molecule has 2 unspecified atom stereocenters. The SMILES string of the molecule is C#Cc1cccc(C2C(C(=O)OCCOC)=C(C)NC(C)=C2C(=O)OC(C)N2CCN(C(c3ccccc3)c3ccccc3)CC2)c1. The first kappa shape index (κ1) is 33.7. The van der Waals surface area contributed by atoms with Crippen molar-refractivity contribution in [3.63, 3.8) is 0 Å². The zero-order valence-corrected chi connectivity index (χ0v) is 27.6. The molecule has 0 saturated carbocycles. The fourth-order valence-electron chi connectivity index (χ4n) is 6.51. The maximum atomic E-state index is 14.1. The van der Waals surface area contributed by atoms with E-state index in [1.165, 1.54) is 11.1 Å². The average molecular weight is 634 g/mol. The minimum Gasteiger partial charge on any atom is -0.460 e. The highest BCUT2D eigenvalue weighted by Gasteiger charge is 2.39. The van der Waals surface area contributed by atoms with Gasteiger partial charge in [-0.05, 0) is 49.6 Å². The molecule has 3 aromatic carbocycles. The topological polar surface area (TPSA) is 80.3 Å². The summed E-state index contributed by atoms with van der Waals surface area (Å²) in [6.07, 6.45) is 5.24. The molecule has 2 heterocycles. The van der Waals surface area contributed by atoms with Crippen molar-refractivity contribution in [1.82, 2.24) is 15.1 Å². The van der Waals surface area contributed by atoms with E-state index in [1.807, 2.05) is 50.2 Å². The first-order chi connectivity index (χ1) is 22.8. The minimum atomic E-state index is -0.728. The van der Waals surface area contributed by atoms with Gasteiger partial charge in [-0.3, -0.25) is 9.80 Å². The molecule has 1 saturated heterocycles. The van der Waals surface area contributed by atoms with Crippen LogP contribution in [0.15, 0.2) is 107 Å². The number of methoxy groups -OCH3 is 1. The summed E-state index contributed by atoms with van der Waals surface area (Å²) in [5.74, 6) is 0.902. The number of hydrogen-bond acceptors (Lipinski definition) is 8. The predicted octanol–water partition coefficient (Wildman–Crippen LogP) is 5.39. The maximum absolute atomic E-state index is 14.1. The van der Waals surface area contributed by atoms with E-state index in [-0.39, 0.29) is 19.3 Å². The molecule has 3 aromatic rings. The molecule has 0 spiro atoms. The number of carbonyl (C=O) groups excluding carboxylic acids is 2. The van der Waals surface area contributed by atoms with E-state index >= 15 is 0 Å². The van der Waals surface area contributed by atoms with E-state index < -0.39 is 24.1 Å². The van der Waals surface area contributed by atoms with Gasteiger partial charge in [0.05, 0.1) is 29.7 Å². The number of ether oxygens (including phenoxy) is 3. The molecular weight excluding hydrogens is 590 g/mol. The molecule has 0 radical (unpaired) electrons. The quantitative estimate of drug-likeness (QED) is 0.171. The van der Waals surface area contributed by atoms with Crippen LogP contribution in [0.1, 0.15) is 55.0 Å². The standard InChI is InChI=1S/C39H43N3O5/c1-6-30-14-13-19-33(26-30)36-34(38(43)46-25-24-45-5)27(2)40-28(3)35(36)39(44)47-29(4)41-20-22-42(23-21-41)37(31-15-9-7-10-16-31)32-17-11-8-12-18-32/h1,7-19,26,29,36-37,40H,20-25H2,2-5H3. The van der Waals surface area contributed by atoms with Crippen LogP contribution in [0.2, 0.25) is 0 Å². The Morgan fingerprint density at radius 3 is 1.98 bits per heavy atom. The van der Waals surface area contributed by atoms with Crippen LogP contribution >= 0.6 is 0 Å². The number of piperazine rings is 1. The number of esters is 2. The van der Waals surface area contributed by atoms with Crippen molar-refractivity contribution in [2.75, 3.05) is 46.5 Å². The molecule has 2 aliphatic rings. The van der Waals surface area contributed by atoms with Crippen LogP contribution in [-0.4, -0.2) is 74.5 Å². The number of terminal acetylenes is 1. The number of nitrogens with zero attached hydrogens (tertiary/aromatic N) is 2. The molecular formula is C39H43N3O5. The van der Waals surface area contributed by atoms with Crippen LogP contribution in [0, 0.1) is 12.3 Å². The minimum absolute atomic E-state index is 0.0874. The molecule has 1 fully saturated rings. The van der Waals surface area contributed by atoms with Gasteiger partial charge in [0.2, 0.25) is 0 Å². The fraction of sp³-hybridized carbons (Fsp3) is 0.333. The second-order valence-corrected chi connectivity index (χ2v) is 11.8. The lowest BCUT2D eigenvalue weighted by Crippen LogP contribution is -2.51. The highest BCUT2D eigenvalue weighted by Crippen LogP contribution is 2.40. The third-order valence-corrected chi connectivity index (χ3v) is 8.84. The Labute approximate surface area is 278 Å². The van der Waals surface area contributed by atoms with Gasteiger partial charge < -0.3 is 19.5 Å². The van der Waals surface area contributed by atoms with E-state index in [9.17, 15) is 9.59 Å². The molecule has 8 nitrogen and oxygen atoms in total. The van der Waals surface area contributed by atoms with Gasteiger partial charge in [0.25, 0.3) is 0 Å². The number of carbonyl (C=O) groups is 2. The summed E-state index contributed by atoms with van der Waals surface area (Å²) >= 11 is 0. The maximum Gasteiger partial charge on any atom is 0.338 e. The second-order valence-electron chi connectivity index (χ2n) is 11.8. The van der Waals surface area contributed by atoms with Gasteiger partial charge in [0, 0.05) is 50.2 Å². The summed E-state index contributed by atoms with van der Waals surface area (Å²) in [6.45, 7) is 8.94. The summed E-state index contributed by atoms with van der Waals surface area (Å²) in [4.78, 5) is 32.2. The van der Waals surface area contributed by atoms with E-state index in [0.29, 0.717) is 33.7 Å². The molecule has 0 bridgehead atoms. The van der Waals surface area contributed by atoms with Crippen molar-refractivity contribution in [1.29, 1.82) is 0 Å². The number of nitrogens with one attached hydrogen (secondary N) is 1. The summed E-state index contributed by atoms with van der Waals surface area (Å²) in [5, 5.41) is 3.23. The summed E-state index contributed by atoms with van der Waals surface area (Å²) in [5.41, 5.74) is 5.75. The van der Waals surface area contributed by atoms with Crippen molar-refractivity contribution in [3.05, 3.63) is 130 Å². The Kier molecular flexibility index (Phi) is 11.3. The highest BCUT2D eigenvalue weighted by molar-refractivity contribution is 6.00. The smallest absolute Gasteiger partial charge is 0.338 e. The summed E-state index contributed by atoms with van der Waals surface area (Å²) in [6, 6.07) is 28.6. The van der Waals surface area contributed by atoms with E-state index in [1.54, 1.807) is 14.0 Å². The molecule has 0 aromatic heterocycles. The zero-order chi connectivity index (χ0) is 33.3. The molecule has 8 heteroatoms. The molecule has 0 aliphatic carbocycles. The van der Waals surface area contributed by atoms with Crippen molar-refractivity contribution >= 4 is 11.9 Å². The van der Waals surface area contributed by atoms with E-state index in [4.69, 9.17) is 20.6 Å². The Bertz CT molecular complexity index is 1610. The first-order valence-corrected chi connectivity index (χ1v) is 16.0. The highest BCUT2D eigenvalue weighted by atomic mass is 16.6. The average Bonchev–Trinajstić information content (AvgIpc) is 3.09. The van der Waals surface area contributed by atoms with Crippen LogP contribution in [0.4, 0.5) is 0 Å². The molecule has 2 aliphatic heterocycles. The van der Waals surface area contributed by atoms with Crippen LogP contribution in [0.5, 0.6) is 0 Å². The lowest BCUT2D eigenvalue weighted by molar-refractivity contribution is -0.155. The van der Waals surface area contributed by atoms with Crippen molar-refractivity contribution in [3.8, 4) is 12.3 Å². The second kappa shape index (κ2) is 15.7. The van der Waals surface area contributed by atoms with Crippen molar-refractivity contribution in [2.45, 2.75) is 39.0 Å². The monoisotopic (exact) mass is 633 g/mol. The number of benzene rings is 3. The Morgan fingerprint density at radius 2 is 1.40 bits per heavy atom. The molecule has 244 valence electrons. The summed E-state index contributed by atoms with van der Waals surface area (Å²) in [7, 11) is 1.54. The molecule has 47 heavy (non-hydrogen) atoms. The van der Waals surface area contributed by atoms with Crippen LogP contribution < -0.4 is 5.32 Å². The van der Waals surface area contributed by atoms with Gasteiger partial charge in [0.1, 0.15) is 6.61 Å². The summed E-state index contributed by atoms with van der Waals surface area (Å²) < 4.78 is 16.8. The molecule has 5 rings (SSSR count). The van der Waals surface area contributed by atoms with Gasteiger partial charge in [-0.25, -0.2) is 9.59 Å². The van der Waals surface area contributed by atoms with Crippen LogP contribution in [0.3, 0.4) is 0 Å². The number of hydrogen-bond donors (Lipinski definition) is 1. The zero-order valence-electron chi connectivity index (χ0n) is 27.6. The number of dihydropyridines is 1. The van der Waals surface area contributed by atoms with Gasteiger partial charge in [-0.1, -0.05) is 78.7 Å². The van der Waals surface area contributed by atoms with Crippen molar-refractivity contribution in [2.24, 2.45) is 0 Å². The predicted molar refractivity (Wildman–Crippen MR) is 182 cm³/mol. The van der Waals surface area contributed by atoms with Crippen molar-refractivity contribution < 1.29 is 23.8 Å². The fourth-order valence-corrected chi connectivity index (χ4v) is 6.51. The number of allylic oxidation sites excluding steroid dienone is 2. The third kappa shape index (κ3) is 7.83. The van der Waals surface area contributed by atoms with Gasteiger partial charge >= 0.3 is 11.9 Å². The van der Waals surface area contributed by atoms with Crippen LogP contribution in [-0.2, 0) is 23.8 Å². The van der Waals surface area contributed by atoms with Gasteiger partial charge in [-0.2, -0.15) is 0 Å². The van der Waals surface area contributed by atoms with Crippen LogP contribution in [0.25, 0.3) is 0 Å². The lowest BCUT2D eigenvalue weighted by Gasteiger charge is -2.41.